The van der Waals surface area contributed by atoms with Crippen molar-refractivity contribution in [2.24, 2.45) is 0 Å². The van der Waals surface area contributed by atoms with E-state index in [0.717, 1.165) is 4.57 Å². The van der Waals surface area contributed by atoms with E-state index in [4.69, 9.17) is 5.73 Å². The van der Waals surface area contributed by atoms with Gasteiger partial charge in [0, 0.05) is 12.6 Å². The van der Waals surface area contributed by atoms with Crippen molar-refractivity contribution in [2.75, 3.05) is 5.73 Å². The summed E-state index contributed by atoms with van der Waals surface area (Å²) in [6.45, 7) is 1.78. The van der Waals surface area contributed by atoms with E-state index in [1.165, 1.54) is 0 Å². The highest BCUT2D eigenvalue weighted by Crippen LogP contribution is 2.26. The van der Waals surface area contributed by atoms with Crippen molar-refractivity contribution in [1.82, 2.24) is 9.55 Å². The zero-order chi connectivity index (χ0) is 10.9. The Kier molecular flexibility index (Phi) is 2.50. The monoisotopic (exact) mass is 207 g/mol. The van der Waals surface area contributed by atoms with E-state index in [2.05, 4.69) is 4.98 Å². The number of nitrogens with two attached hydrogens (primary N) is 1. The molecule has 0 atom stereocenters. The van der Waals surface area contributed by atoms with Gasteiger partial charge in [-0.3, -0.25) is 9.36 Å². The molecule has 2 N–H and O–H groups in total. The summed E-state index contributed by atoms with van der Waals surface area (Å²) in [5, 5.41) is 0. The zero-order valence-electron chi connectivity index (χ0n) is 7.30. The first-order valence-corrected chi connectivity index (χ1v) is 3.80. The average molecular weight is 207 g/mol. The first-order valence-electron chi connectivity index (χ1n) is 3.80. The van der Waals surface area contributed by atoms with Crippen molar-refractivity contribution in [3.63, 3.8) is 0 Å². The lowest BCUT2D eigenvalue weighted by Gasteiger charge is -2.09. The minimum atomic E-state index is -4.64. The second kappa shape index (κ2) is 3.32. The molecule has 1 heterocycles. The molecule has 4 nitrogen and oxygen atoms in total. The molecule has 0 spiro atoms. The van der Waals surface area contributed by atoms with Gasteiger partial charge in [-0.1, -0.05) is 0 Å². The first kappa shape index (κ1) is 10.6. The van der Waals surface area contributed by atoms with E-state index >= 15 is 0 Å². The van der Waals surface area contributed by atoms with Crippen LogP contribution in [0.25, 0.3) is 0 Å². The van der Waals surface area contributed by atoms with Gasteiger partial charge in [-0.2, -0.15) is 13.2 Å². The Morgan fingerprint density at radius 1 is 1.57 bits per heavy atom. The summed E-state index contributed by atoms with van der Waals surface area (Å²) in [6.07, 6.45) is -4.64. The molecule has 1 aromatic heterocycles. The smallest absolute Gasteiger partial charge is 0.369 e. The Labute approximate surface area is 77.2 Å². The van der Waals surface area contributed by atoms with Crippen LogP contribution in [-0.4, -0.2) is 9.55 Å². The van der Waals surface area contributed by atoms with Crippen LogP contribution in [0.3, 0.4) is 0 Å². The van der Waals surface area contributed by atoms with Crippen molar-refractivity contribution < 1.29 is 13.2 Å². The predicted octanol–water partition coefficient (Wildman–Crippen LogP) is 0.864. The zero-order valence-corrected chi connectivity index (χ0v) is 7.30. The molecule has 14 heavy (non-hydrogen) atoms. The van der Waals surface area contributed by atoms with E-state index in [9.17, 15) is 18.0 Å². The Balaban J connectivity index is 3.36. The molecule has 0 fully saturated rings. The molecule has 0 aliphatic carbocycles. The molecule has 1 aromatic rings. The third-order valence-corrected chi connectivity index (χ3v) is 1.64. The summed E-state index contributed by atoms with van der Waals surface area (Å²) in [5.41, 5.74) is 3.12. The van der Waals surface area contributed by atoms with Crippen LogP contribution < -0.4 is 11.3 Å². The van der Waals surface area contributed by atoms with Crippen LogP contribution in [-0.2, 0) is 12.7 Å². The summed E-state index contributed by atoms with van der Waals surface area (Å²) < 4.78 is 37.3. The van der Waals surface area contributed by atoms with Crippen molar-refractivity contribution >= 4 is 5.95 Å². The molecule has 0 radical (unpaired) electrons. The fourth-order valence-corrected chi connectivity index (χ4v) is 0.987. The van der Waals surface area contributed by atoms with E-state index in [0.29, 0.717) is 6.07 Å². The van der Waals surface area contributed by atoms with Gasteiger partial charge in [0.2, 0.25) is 5.95 Å². The van der Waals surface area contributed by atoms with Crippen LogP contribution in [0.2, 0.25) is 0 Å². The number of rotatable bonds is 1. The molecular formula is C7H8F3N3O. The second-order valence-corrected chi connectivity index (χ2v) is 2.58. The number of anilines is 1. The molecule has 7 heteroatoms. The first-order chi connectivity index (χ1) is 6.36. The number of aromatic nitrogens is 2. The van der Waals surface area contributed by atoms with Crippen LogP contribution in [0.1, 0.15) is 12.6 Å². The van der Waals surface area contributed by atoms with Crippen molar-refractivity contribution in [2.45, 2.75) is 19.6 Å². The van der Waals surface area contributed by atoms with Gasteiger partial charge in [0.25, 0.3) is 5.56 Å². The van der Waals surface area contributed by atoms with E-state index in [-0.39, 0.29) is 6.54 Å². The molecule has 0 aromatic carbocycles. The maximum Gasteiger partial charge on any atom is 0.433 e. The topological polar surface area (TPSA) is 60.9 Å². The Hall–Kier alpha value is -1.53. The molecule has 78 valence electrons. The second-order valence-electron chi connectivity index (χ2n) is 2.58. The summed E-state index contributed by atoms with van der Waals surface area (Å²) in [6, 6.07) is 0.430. The van der Waals surface area contributed by atoms with E-state index < -0.39 is 23.4 Å². The van der Waals surface area contributed by atoms with Crippen LogP contribution in [0.5, 0.6) is 0 Å². The van der Waals surface area contributed by atoms with Crippen LogP contribution in [0.4, 0.5) is 19.1 Å². The van der Waals surface area contributed by atoms with Crippen molar-refractivity contribution in [1.29, 1.82) is 0 Å². The van der Waals surface area contributed by atoms with E-state index in [1.54, 1.807) is 6.92 Å². The third-order valence-electron chi connectivity index (χ3n) is 1.64. The van der Waals surface area contributed by atoms with Crippen LogP contribution >= 0.6 is 0 Å². The quantitative estimate of drug-likeness (QED) is 0.743. The van der Waals surface area contributed by atoms with Gasteiger partial charge < -0.3 is 5.73 Å². The number of alkyl halides is 3. The van der Waals surface area contributed by atoms with Gasteiger partial charge in [0.05, 0.1) is 0 Å². The minimum Gasteiger partial charge on any atom is -0.369 e. The standard InChI is InChI=1S/C7H8F3N3O/c1-2-13-5(14)3-4(7(8,9)10)12-6(13)11/h3H,2H2,1H3,(H2,11,12). The highest BCUT2D eigenvalue weighted by molar-refractivity contribution is 5.21. The summed E-state index contributed by atoms with van der Waals surface area (Å²) in [4.78, 5) is 14.2. The molecule has 0 amide bonds. The van der Waals surface area contributed by atoms with Gasteiger partial charge in [0.1, 0.15) is 0 Å². The molecule has 0 aliphatic rings. The fourth-order valence-electron chi connectivity index (χ4n) is 0.987. The Bertz CT molecular complexity index is 396. The highest BCUT2D eigenvalue weighted by Gasteiger charge is 2.33. The molecule has 0 saturated heterocycles. The van der Waals surface area contributed by atoms with Crippen molar-refractivity contribution in [3.8, 4) is 0 Å². The molecule has 0 unspecified atom stereocenters. The van der Waals surface area contributed by atoms with Crippen LogP contribution in [0.15, 0.2) is 10.9 Å². The van der Waals surface area contributed by atoms with Gasteiger partial charge >= 0.3 is 6.18 Å². The summed E-state index contributed by atoms with van der Waals surface area (Å²) >= 11 is 0. The minimum absolute atomic E-state index is 0.190. The maximum atomic E-state index is 12.1. The molecular weight excluding hydrogens is 199 g/mol. The molecule has 1 rings (SSSR count). The number of nitrogens with zero attached hydrogens (tertiary/aromatic N) is 2. The lowest BCUT2D eigenvalue weighted by molar-refractivity contribution is -0.141. The predicted molar refractivity (Wildman–Crippen MR) is 43.6 cm³/mol. The van der Waals surface area contributed by atoms with Crippen LogP contribution in [0, 0.1) is 0 Å². The fraction of sp³-hybridized carbons (Fsp3) is 0.429. The summed E-state index contributed by atoms with van der Waals surface area (Å²) in [7, 11) is 0. The Morgan fingerprint density at radius 3 is 2.50 bits per heavy atom. The number of hydrogen-bond donors (Lipinski definition) is 1. The lowest BCUT2D eigenvalue weighted by atomic mass is 10.4. The maximum absolute atomic E-state index is 12.1. The molecule has 0 aliphatic heterocycles. The number of hydrogen-bond acceptors (Lipinski definition) is 3. The van der Waals surface area contributed by atoms with Crippen molar-refractivity contribution in [3.05, 3.63) is 22.1 Å². The molecule has 0 saturated carbocycles. The van der Waals surface area contributed by atoms with Gasteiger partial charge in [-0.25, -0.2) is 4.98 Å². The normalized spacial score (nSPS) is 11.7. The third kappa shape index (κ3) is 1.86. The highest BCUT2D eigenvalue weighted by atomic mass is 19.4. The van der Waals surface area contributed by atoms with Gasteiger partial charge in [-0.15, -0.1) is 0 Å². The average Bonchev–Trinajstić information content (AvgIpc) is 2.01. The lowest BCUT2D eigenvalue weighted by Crippen LogP contribution is -2.26. The number of nitrogen functional groups attached to an aromatic ring is 1. The SMILES string of the molecule is CCn1c(N)nc(C(F)(F)F)cc1=O. The molecule has 0 bridgehead atoms. The largest absolute Gasteiger partial charge is 0.433 e. The summed E-state index contributed by atoms with van der Waals surface area (Å²) in [5.74, 6) is -0.424. The Morgan fingerprint density at radius 2 is 2.14 bits per heavy atom. The van der Waals surface area contributed by atoms with E-state index in [1.807, 2.05) is 0 Å². The van der Waals surface area contributed by atoms with Gasteiger partial charge in [-0.05, 0) is 6.92 Å². The van der Waals surface area contributed by atoms with Gasteiger partial charge in [0.15, 0.2) is 5.69 Å². The number of halogens is 3.